The molecule has 0 aliphatic heterocycles. The summed E-state index contributed by atoms with van der Waals surface area (Å²) in [6.07, 6.45) is -0.369. The van der Waals surface area contributed by atoms with E-state index in [1.165, 1.54) is 0 Å². The molecule has 0 bridgehead atoms. The summed E-state index contributed by atoms with van der Waals surface area (Å²) >= 11 is 1.57. The van der Waals surface area contributed by atoms with E-state index < -0.39 is 8.32 Å². The van der Waals surface area contributed by atoms with Crippen LogP contribution < -0.4 is 0 Å². The molecule has 0 aliphatic carbocycles. The fourth-order valence-electron chi connectivity index (χ4n) is 0.942. The van der Waals surface area contributed by atoms with E-state index in [1.807, 2.05) is 17.5 Å². The summed E-state index contributed by atoms with van der Waals surface area (Å²) in [4.78, 5) is 1.00. The van der Waals surface area contributed by atoms with Crippen LogP contribution in [0.15, 0.2) is 17.5 Å². The maximum Gasteiger partial charge on any atom is 0.186 e. The van der Waals surface area contributed by atoms with Crippen molar-refractivity contribution in [2.45, 2.75) is 25.7 Å². The summed E-state index contributed by atoms with van der Waals surface area (Å²) in [7, 11) is -1.61. The number of nitriles is 1. The molecule has 2 nitrogen and oxygen atoms in total. The topological polar surface area (TPSA) is 33.0 Å². The zero-order valence-electron chi connectivity index (χ0n) is 8.07. The molecular formula is C9H13NOSSi. The quantitative estimate of drug-likeness (QED) is 0.719. The highest BCUT2D eigenvalue weighted by atomic mass is 32.1. The minimum absolute atomic E-state index is 0.369. The summed E-state index contributed by atoms with van der Waals surface area (Å²) in [6, 6.07) is 6.07. The zero-order chi connectivity index (χ0) is 9.90. The van der Waals surface area contributed by atoms with Crippen molar-refractivity contribution in [3.05, 3.63) is 22.4 Å². The second kappa shape index (κ2) is 4.05. The Labute approximate surface area is 83.9 Å². The Morgan fingerprint density at radius 3 is 2.62 bits per heavy atom. The highest BCUT2D eigenvalue weighted by molar-refractivity contribution is 7.10. The summed E-state index contributed by atoms with van der Waals surface area (Å²) in [6.45, 7) is 6.26. The average Bonchev–Trinajstić information content (AvgIpc) is 2.50. The first-order valence-corrected chi connectivity index (χ1v) is 8.42. The monoisotopic (exact) mass is 211 g/mol. The van der Waals surface area contributed by atoms with Gasteiger partial charge in [-0.05, 0) is 31.1 Å². The molecule has 0 spiro atoms. The summed E-state index contributed by atoms with van der Waals surface area (Å²) in [5, 5.41) is 10.9. The molecule has 1 heterocycles. The van der Waals surface area contributed by atoms with Gasteiger partial charge in [0.1, 0.15) is 0 Å². The molecule has 0 aromatic carbocycles. The molecule has 1 atom stereocenters. The normalized spacial score (nSPS) is 13.7. The van der Waals surface area contributed by atoms with Crippen LogP contribution in [-0.2, 0) is 4.43 Å². The lowest BCUT2D eigenvalue weighted by Gasteiger charge is -2.20. The molecule has 1 rings (SSSR count). The predicted octanol–water partition coefficient (Wildman–Crippen LogP) is 3.16. The smallest absolute Gasteiger partial charge is 0.186 e. The molecule has 0 saturated carbocycles. The van der Waals surface area contributed by atoms with Crippen molar-refractivity contribution in [2.75, 3.05) is 0 Å². The van der Waals surface area contributed by atoms with Crippen LogP contribution in [-0.4, -0.2) is 8.32 Å². The van der Waals surface area contributed by atoms with Crippen LogP contribution in [0.1, 0.15) is 11.0 Å². The van der Waals surface area contributed by atoms with Gasteiger partial charge in [-0.3, -0.25) is 0 Å². The van der Waals surface area contributed by atoms with Crippen molar-refractivity contribution in [2.24, 2.45) is 0 Å². The van der Waals surface area contributed by atoms with Gasteiger partial charge in [0.15, 0.2) is 14.4 Å². The van der Waals surface area contributed by atoms with Gasteiger partial charge in [0.05, 0.1) is 6.07 Å². The Kier molecular flexibility index (Phi) is 3.26. The lowest BCUT2D eigenvalue weighted by atomic mass is 10.3. The first-order valence-electron chi connectivity index (χ1n) is 4.14. The van der Waals surface area contributed by atoms with Crippen molar-refractivity contribution in [1.82, 2.24) is 0 Å². The zero-order valence-corrected chi connectivity index (χ0v) is 9.89. The third kappa shape index (κ3) is 3.31. The van der Waals surface area contributed by atoms with Crippen LogP contribution >= 0.6 is 11.3 Å². The van der Waals surface area contributed by atoms with Crippen molar-refractivity contribution >= 4 is 19.7 Å². The average molecular weight is 211 g/mol. The number of rotatable bonds is 3. The molecular weight excluding hydrogens is 198 g/mol. The summed E-state index contributed by atoms with van der Waals surface area (Å²) in [5.74, 6) is 0. The van der Waals surface area contributed by atoms with Crippen LogP contribution in [0.5, 0.6) is 0 Å². The number of hydrogen-bond donors (Lipinski definition) is 0. The second-order valence-corrected chi connectivity index (χ2v) is 9.19. The third-order valence-electron chi connectivity index (χ3n) is 1.39. The number of nitrogens with zero attached hydrogens (tertiary/aromatic N) is 1. The van der Waals surface area contributed by atoms with E-state index in [9.17, 15) is 0 Å². The molecule has 70 valence electrons. The molecule has 4 heteroatoms. The minimum Gasteiger partial charge on any atom is -0.398 e. The lowest BCUT2D eigenvalue weighted by Crippen LogP contribution is -2.27. The highest BCUT2D eigenvalue weighted by Crippen LogP contribution is 2.25. The van der Waals surface area contributed by atoms with E-state index in [-0.39, 0.29) is 6.10 Å². The molecule has 0 fully saturated rings. The maximum absolute atomic E-state index is 8.92. The SMILES string of the molecule is C[Si](C)(C)O[C@@H](C#N)c1cccs1. The van der Waals surface area contributed by atoms with Crippen LogP contribution in [0.3, 0.4) is 0 Å². The van der Waals surface area contributed by atoms with Crippen LogP contribution in [0.2, 0.25) is 19.6 Å². The molecule has 13 heavy (non-hydrogen) atoms. The van der Waals surface area contributed by atoms with E-state index in [0.717, 1.165) is 4.88 Å². The fraction of sp³-hybridized carbons (Fsp3) is 0.444. The minimum atomic E-state index is -1.61. The lowest BCUT2D eigenvalue weighted by molar-refractivity contribution is 0.259. The van der Waals surface area contributed by atoms with Gasteiger partial charge < -0.3 is 4.43 Å². The largest absolute Gasteiger partial charge is 0.398 e. The molecule has 1 aromatic heterocycles. The van der Waals surface area contributed by atoms with E-state index in [4.69, 9.17) is 9.69 Å². The molecule has 0 radical (unpaired) electrons. The van der Waals surface area contributed by atoms with Gasteiger partial charge >= 0.3 is 0 Å². The fourth-order valence-corrected chi connectivity index (χ4v) is 2.61. The van der Waals surface area contributed by atoms with E-state index in [2.05, 4.69) is 25.7 Å². The third-order valence-corrected chi connectivity index (χ3v) is 3.25. The number of thiophene rings is 1. The molecule has 1 aromatic rings. The van der Waals surface area contributed by atoms with Gasteiger partial charge in [-0.25, -0.2) is 0 Å². The predicted molar refractivity (Wildman–Crippen MR) is 57.1 cm³/mol. The maximum atomic E-state index is 8.92. The van der Waals surface area contributed by atoms with Crippen LogP contribution in [0.4, 0.5) is 0 Å². The Bertz CT molecular complexity index is 296. The van der Waals surface area contributed by atoms with Gasteiger partial charge in [0, 0.05) is 4.88 Å². The van der Waals surface area contributed by atoms with E-state index in [0.29, 0.717) is 0 Å². The van der Waals surface area contributed by atoms with Gasteiger partial charge in [-0.2, -0.15) is 5.26 Å². The van der Waals surface area contributed by atoms with Crippen molar-refractivity contribution in [3.8, 4) is 6.07 Å². The van der Waals surface area contributed by atoms with Gasteiger partial charge in [-0.15, -0.1) is 11.3 Å². The van der Waals surface area contributed by atoms with Crippen molar-refractivity contribution in [3.63, 3.8) is 0 Å². The van der Waals surface area contributed by atoms with Gasteiger partial charge in [-0.1, -0.05) is 6.07 Å². The first kappa shape index (κ1) is 10.4. The Morgan fingerprint density at radius 1 is 1.54 bits per heavy atom. The second-order valence-electron chi connectivity index (χ2n) is 3.75. The van der Waals surface area contributed by atoms with Crippen molar-refractivity contribution < 1.29 is 4.43 Å². The van der Waals surface area contributed by atoms with E-state index in [1.54, 1.807) is 11.3 Å². The first-order chi connectivity index (χ1) is 6.03. The Hall–Kier alpha value is -0.633. The van der Waals surface area contributed by atoms with Gasteiger partial charge in [0.25, 0.3) is 0 Å². The van der Waals surface area contributed by atoms with Crippen LogP contribution in [0.25, 0.3) is 0 Å². The Morgan fingerprint density at radius 2 is 2.23 bits per heavy atom. The van der Waals surface area contributed by atoms with Gasteiger partial charge in [0.2, 0.25) is 0 Å². The van der Waals surface area contributed by atoms with E-state index >= 15 is 0 Å². The highest BCUT2D eigenvalue weighted by Gasteiger charge is 2.22. The summed E-state index contributed by atoms with van der Waals surface area (Å²) in [5.41, 5.74) is 0. The molecule has 0 aliphatic rings. The number of hydrogen-bond acceptors (Lipinski definition) is 3. The molecule has 0 unspecified atom stereocenters. The summed E-state index contributed by atoms with van der Waals surface area (Å²) < 4.78 is 5.72. The standard InChI is InChI=1S/C9H13NOSSi/c1-13(2,3)11-8(7-10)9-5-4-6-12-9/h4-6,8H,1-3H3/t8-/m0/s1. The molecule has 0 saturated heterocycles. The molecule has 0 N–H and O–H groups in total. The molecule has 0 amide bonds. The van der Waals surface area contributed by atoms with Crippen LogP contribution in [0, 0.1) is 11.3 Å². The Balaban J connectivity index is 2.72. The van der Waals surface area contributed by atoms with Crippen molar-refractivity contribution in [1.29, 1.82) is 5.26 Å².